The molecular formula is C48H80O6. The van der Waals surface area contributed by atoms with Gasteiger partial charge >= 0.3 is 17.9 Å². The predicted molar refractivity (Wildman–Crippen MR) is 228 cm³/mol. The molecule has 0 bridgehead atoms. The average molecular weight is 753 g/mol. The molecule has 0 saturated carbocycles. The fraction of sp³-hybridized carbons (Fsp3) is 0.688. The number of ether oxygens (including phenoxy) is 3. The molecule has 0 N–H and O–H groups in total. The maximum atomic E-state index is 12.7. The molecule has 0 fully saturated rings. The van der Waals surface area contributed by atoms with Crippen molar-refractivity contribution in [3.8, 4) is 0 Å². The number of esters is 3. The lowest BCUT2D eigenvalue weighted by Crippen LogP contribution is -2.30. The number of allylic oxidation sites excluding steroid dienone is 11. The minimum absolute atomic E-state index is 0.113. The Bertz CT molecular complexity index is 1050. The molecule has 0 heterocycles. The number of rotatable bonds is 38. The first kappa shape index (κ1) is 50.9. The van der Waals surface area contributed by atoms with E-state index in [2.05, 4.69) is 81.5 Å². The second-order valence-corrected chi connectivity index (χ2v) is 14.2. The molecular weight excluding hydrogens is 673 g/mol. The summed E-state index contributed by atoms with van der Waals surface area (Å²) in [6.07, 6.45) is 52.1. The summed E-state index contributed by atoms with van der Waals surface area (Å²) in [7, 11) is 0. The van der Waals surface area contributed by atoms with E-state index >= 15 is 0 Å². The van der Waals surface area contributed by atoms with Gasteiger partial charge in [0, 0.05) is 12.8 Å². The van der Waals surface area contributed by atoms with Gasteiger partial charge in [0.2, 0.25) is 0 Å². The SMILES string of the molecule is CC/C=C\C/C=C\C/C=C\CC(=O)OCC(COC(=O)CCCCCCCCC/C=C\C/C=C\CC)OC(=O)CCCCC/C=C\CCCCCCCC. The normalized spacial score (nSPS) is 12.7. The Kier molecular flexibility index (Phi) is 40.1. The number of carbonyl (C=O) groups is 3. The van der Waals surface area contributed by atoms with E-state index in [0.717, 1.165) is 89.9 Å². The summed E-state index contributed by atoms with van der Waals surface area (Å²) < 4.78 is 16.5. The van der Waals surface area contributed by atoms with Crippen molar-refractivity contribution < 1.29 is 28.6 Å². The summed E-state index contributed by atoms with van der Waals surface area (Å²) in [5.74, 6) is -1.07. The third-order valence-electron chi connectivity index (χ3n) is 8.96. The second kappa shape index (κ2) is 42.6. The van der Waals surface area contributed by atoms with Gasteiger partial charge in [-0.1, -0.05) is 164 Å². The van der Waals surface area contributed by atoms with Crippen molar-refractivity contribution in [2.24, 2.45) is 0 Å². The van der Waals surface area contributed by atoms with Crippen LogP contribution in [0.1, 0.15) is 194 Å². The van der Waals surface area contributed by atoms with Crippen LogP contribution in [-0.4, -0.2) is 37.2 Å². The van der Waals surface area contributed by atoms with Crippen molar-refractivity contribution in [1.82, 2.24) is 0 Å². The lowest BCUT2D eigenvalue weighted by Gasteiger charge is -2.18. The molecule has 0 amide bonds. The second-order valence-electron chi connectivity index (χ2n) is 14.2. The van der Waals surface area contributed by atoms with E-state index in [4.69, 9.17) is 14.2 Å². The molecule has 0 spiro atoms. The van der Waals surface area contributed by atoms with E-state index in [1.807, 2.05) is 6.08 Å². The van der Waals surface area contributed by atoms with Crippen LogP contribution in [0.2, 0.25) is 0 Å². The number of hydrogen-bond donors (Lipinski definition) is 0. The van der Waals surface area contributed by atoms with Crippen molar-refractivity contribution in [3.05, 3.63) is 72.9 Å². The Morgan fingerprint density at radius 1 is 0.407 bits per heavy atom. The Morgan fingerprint density at radius 3 is 1.33 bits per heavy atom. The van der Waals surface area contributed by atoms with Crippen molar-refractivity contribution >= 4 is 17.9 Å². The van der Waals surface area contributed by atoms with E-state index in [1.54, 1.807) is 6.08 Å². The predicted octanol–water partition coefficient (Wildman–Crippen LogP) is 13.9. The van der Waals surface area contributed by atoms with Gasteiger partial charge < -0.3 is 14.2 Å². The maximum absolute atomic E-state index is 12.7. The van der Waals surface area contributed by atoms with Crippen LogP contribution in [0.5, 0.6) is 0 Å². The molecule has 1 unspecified atom stereocenters. The molecule has 6 heteroatoms. The fourth-order valence-electron chi connectivity index (χ4n) is 5.71. The van der Waals surface area contributed by atoms with E-state index in [0.29, 0.717) is 6.42 Å². The van der Waals surface area contributed by atoms with Crippen LogP contribution in [0, 0.1) is 0 Å². The molecule has 54 heavy (non-hydrogen) atoms. The molecule has 1 atom stereocenters. The Labute approximate surface area is 332 Å². The minimum atomic E-state index is -0.818. The van der Waals surface area contributed by atoms with Gasteiger partial charge in [-0.3, -0.25) is 14.4 Å². The van der Waals surface area contributed by atoms with Crippen molar-refractivity contribution in [2.75, 3.05) is 13.2 Å². The van der Waals surface area contributed by atoms with E-state index in [-0.39, 0.29) is 38.0 Å². The van der Waals surface area contributed by atoms with Gasteiger partial charge in [-0.15, -0.1) is 0 Å². The Hall–Kier alpha value is -3.15. The lowest BCUT2D eigenvalue weighted by molar-refractivity contribution is -0.166. The maximum Gasteiger partial charge on any atom is 0.309 e. The number of carbonyl (C=O) groups excluding carboxylic acids is 3. The molecule has 6 nitrogen and oxygen atoms in total. The standard InChI is InChI=1S/C48H80O6/c1-4-7-10-13-16-19-21-23-25-26-29-32-35-38-41-47(50)53-44-45(43-52-46(49)40-37-34-31-28-18-15-12-9-6-3)54-48(51)42-39-36-33-30-27-24-22-20-17-14-11-8-5-2/h7,9-10,12,16,18-19,24,27-28,34,37,45H,4-6,8,11,13-15,17,20-23,25-26,29-33,35-36,38-44H2,1-3H3/b10-7-,12-9-,19-16-,27-24-,28-18-,37-34-. The zero-order valence-electron chi connectivity index (χ0n) is 35.0. The zero-order chi connectivity index (χ0) is 39.4. The number of unbranched alkanes of at least 4 members (excludes halogenated alkanes) is 16. The van der Waals surface area contributed by atoms with Gasteiger partial charge in [0.05, 0.1) is 6.42 Å². The van der Waals surface area contributed by atoms with Crippen LogP contribution < -0.4 is 0 Å². The third kappa shape index (κ3) is 40.0. The molecule has 0 aliphatic rings. The largest absolute Gasteiger partial charge is 0.462 e. The van der Waals surface area contributed by atoms with Crippen molar-refractivity contribution in [2.45, 2.75) is 200 Å². The molecule has 308 valence electrons. The summed E-state index contributed by atoms with van der Waals surface area (Å²) in [6.45, 7) is 6.26. The van der Waals surface area contributed by atoms with Crippen LogP contribution in [0.15, 0.2) is 72.9 Å². The molecule has 0 aliphatic carbocycles. The van der Waals surface area contributed by atoms with E-state index in [9.17, 15) is 14.4 Å². The first-order valence-electron chi connectivity index (χ1n) is 21.9. The van der Waals surface area contributed by atoms with Crippen molar-refractivity contribution in [3.63, 3.8) is 0 Å². The highest BCUT2D eigenvalue weighted by Gasteiger charge is 2.19. The quantitative estimate of drug-likeness (QED) is 0.0270. The molecule has 0 saturated heterocycles. The van der Waals surface area contributed by atoms with Crippen LogP contribution in [0.3, 0.4) is 0 Å². The molecule has 0 rings (SSSR count). The smallest absolute Gasteiger partial charge is 0.309 e. The first-order valence-corrected chi connectivity index (χ1v) is 21.9. The minimum Gasteiger partial charge on any atom is -0.462 e. The molecule has 0 aromatic heterocycles. The van der Waals surface area contributed by atoms with Crippen molar-refractivity contribution in [1.29, 1.82) is 0 Å². The average Bonchev–Trinajstić information content (AvgIpc) is 3.17. The van der Waals surface area contributed by atoms with Crippen LogP contribution in [0.4, 0.5) is 0 Å². The summed E-state index contributed by atoms with van der Waals surface area (Å²) in [5, 5.41) is 0. The monoisotopic (exact) mass is 753 g/mol. The highest BCUT2D eigenvalue weighted by Crippen LogP contribution is 2.12. The van der Waals surface area contributed by atoms with Gasteiger partial charge in [-0.25, -0.2) is 0 Å². The summed E-state index contributed by atoms with van der Waals surface area (Å²) in [6, 6.07) is 0. The zero-order valence-corrected chi connectivity index (χ0v) is 35.0. The highest BCUT2D eigenvalue weighted by molar-refractivity contribution is 5.72. The summed E-state index contributed by atoms with van der Waals surface area (Å²) >= 11 is 0. The molecule has 0 aliphatic heterocycles. The van der Waals surface area contributed by atoms with Crippen LogP contribution in [-0.2, 0) is 28.6 Å². The number of hydrogen-bond acceptors (Lipinski definition) is 6. The van der Waals surface area contributed by atoms with Crippen LogP contribution >= 0.6 is 0 Å². The van der Waals surface area contributed by atoms with E-state index in [1.165, 1.54) is 64.2 Å². The highest BCUT2D eigenvalue weighted by atomic mass is 16.6. The molecule has 0 radical (unpaired) electrons. The van der Waals surface area contributed by atoms with E-state index < -0.39 is 12.1 Å². The van der Waals surface area contributed by atoms with Gasteiger partial charge in [0.1, 0.15) is 13.2 Å². The molecule has 0 aromatic rings. The molecule has 0 aromatic carbocycles. The Morgan fingerprint density at radius 2 is 0.796 bits per heavy atom. The van der Waals surface area contributed by atoms with Gasteiger partial charge in [0.25, 0.3) is 0 Å². The lowest BCUT2D eigenvalue weighted by atomic mass is 10.1. The van der Waals surface area contributed by atoms with Gasteiger partial charge in [-0.05, 0) is 83.5 Å². The first-order chi connectivity index (χ1) is 26.5. The van der Waals surface area contributed by atoms with Gasteiger partial charge in [0.15, 0.2) is 6.10 Å². The summed E-state index contributed by atoms with van der Waals surface area (Å²) in [5.41, 5.74) is 0. The van der Waals surface area contributed by atoms with Crippen LogP contribution in [0.25, 0.3) is 0 Å². The van der Waals surface area contributed by atoms with Gasteiger partial charge in [-0.2, -0.15) is 0 Å². The summed E-state index contributed by atoms with van der Waals surface area (Å²) in [4.78, 5) is 37.6. The topological polar surface area (TPSA) is 78.9 Å². The Balaban J connectivity index is 4.47. The third-order valence-corrected chi connectivity index (χ3v) is 8.96. The fourth-order valence-corrected chi connectivity index (χ4v) is 5.71.